The van der Waals surface area contributed by atoms with Crippen molar-refractivity contribution in [2.75, 3.05) is 5.32 Å². The largest absolute Gasteiger partial charge is 0.445 e. The van der Waals surface area contributed by atoms with Gasteiger partial charge in [0.05, 0.1) is 10.6 Å². The number of alkyl halides is 3. The van der Waals surface area contributed by atoms with E-state index in [0.29, 0.717) is 0 Å². The van der Waals surface area contributed by atoms with Crippen molar-refractivity contribution in [3.8, 4) is 0 Å². The van der Waals surface area contributed by atoms with Crippen molar-refractivity contribution in [2.24, 2.45) is 0 Å². The van der Waals surface area contributed by atoms with E-state index in [0.717, 1.165) is 18.2 Å². The van der Waals surface area contributed by atoms with Crippen LogP contribution >= 0.6 is 22.9 Å². The van der Waals surface area contributed by atoms with Crippen LogP contribution in [-0.4, -0.2) is 16.1 Å². The molecule has 0 unspecified atom stereocenters. The van der Waals surface area contributed by atoms with Gasteiger partial charge in [-0.25, -0.2) is 4.39 Å². The Morgan fingerprint density at radius 1 is 1.30 bits per heavy atom. The molecular weight excluding hydrogens is 322 g/mol. The Kier molecular flexibility index (Phi) is 3.91. The number of nitrogens with one attached hydrogen (secondary N) is 1. The van der Waals surface area contributed by atoms with Crippen LogP contribution in [0.5, 0.6) is 0 Å². The Balaban J connectivity index is 2.17. The lowest BCUT2D eigenvalue weighted by atomic mass is 10.2. The number of carbonyl (C=O) groups excluding carboxylic acids is 1. The van der Waals surface area contributed by atoms with E-state index in [-0.39, 0.29) is 27.1 Å². The summed E-state index contributed by atoms with van der Waals surface area (Å²) >= 11 is 5.83. The van der Waals surface area contributed by atoms with E-state index < -0.39 is 22.9 Å². The number of amides is 1. The fourth-order valence-electron chi connectivity index (χ4n) is 1.23. The van der Waals surface area contributed by atoms with E-state index in [2.05, 4.69) is 15.5 Å². The molecule has 0 radical (unpaired) electrons. The summed E-state index contributed by atoms with van der Waals surface area (Å²) in [6.07, 6.45) is -4.63. The molecule has 2 aromatic rings. The van der Waals surface area contributed by atoms with Gasteiger partial charge < -0.3 is 0 Å². The zero-order valence-electron chi connectivity index (χ0n) is 9.33. The summed E-state index contributed by atoms with van der Waals surface area (Å²) < 4.78 is 49.7. The Morgan fingerprint density at radius 2 is 2.00 bits per heavy atom. The lowest BCUT2D eigenvalue weighted by molar-refractivity contribution is -0.138. The molecule has 10 heteroatoms. The number of rotatable bonds is 2. The average Bonchev–Trinajstić information content (AvgIpc) is 2.76. The maximum absolute atomic E-state index is 12.8. The van der Waals surface area contributed by atoms with E-state index >= 15 is 0 Å². The quantitative estimate of drug-likeness (QED) is 0.858. The number of carbonyl (C=O) groups is 1. The summed E-state index contributed by atoms with van der Waals surface area (Å²) in [5.41, 5.74) is -0.0863. The van der Waals surface area contributed by atoms with Crippen LogP contribution in [0, 0.1) is 5.82 Å². The van der Waals surface area contributed by atoms with Gasteiger partial charge in [-0.3, -0.25) is 10.1 Å². The Hall–Kier alpha value is -1.74. The van der Waals surface area contributed by atoms with Gasteiger partial charge in [-0.2, -0.15) is 13.2 Å². The molecule has 0 aliphatic heterocycles. The van der Waals surface area contributed by atoms with Crippen molar-refractivity contribution < 1.29 is 22.4 Å². The zero-order valence-corrected chi connectivity index (χ0v) is 10.9. The SMILES string of the molecule is O=C(Nc1nnc(C(F)(F)F)s1)c1ccc(F)cc1Cl. The molecule has 0 aliphatic rings. The second kappa shape index (κ2) is 5.33. The van der Waals surface area contributed by atoms with Crippen molar-refractivity contribution in [1.82, 2.24) is 10.2 Å². The van der Waals surface area contributed by atoms with Gasteiger partial charge in [0, 0.05) is 0 Å². The first-order valence-electron chi connectivity index (χ1n) is 4.94. The summed E-state index contributed by atoms with van der Waals surface area (Å²) in [5.74, 6) is -1.44. The number of anilines is 1. The molecule has 0 saturated carbocycles. The van der Waals surface area contributed by atoms with E-state index in [9.17, 15) is 22.4 Å². The van der Waals surface area contributed by atoms with Crippen LogP contribution in [0.2, 0.25) is 5.02 Å². The molecular formula is C10H4ClF4N3OS. The highest BCUT2D eigenvalue weighted by atomic mass is 35.5. The monoisotopic (exact) mass is 325 g/mol. The second-order valence-electron chi connectivity index (χ2n) is 3.49. The van der Waals surface area contributed by atoms with E-state index in [1.807, 2.05) is 0 Å². The van der Waals surface area contributed by atoms with Crippen LogP contribution in [0.4, 0.5) is 22.7 Å². The first-order chi connectivity index (χ1) is 9.27. The van der Waals surface area contributed by atoms with Crippen molar-refractivity contribution in [1.29, 1.82) is 0 Å². The van der Waals surface area contributed by atoms with Crippen LogP contribution in [0.1, 0.15) is 15.4 Å². The van der Waals surface area contributed by atoms with Crippen molar-refractivity contribution in [2.45, 2.75) is 6.18 Å². The smallest absolute Gasteiger partial charge is 0.296 e. The van der Waals surface area contributed by atoms with Gasteiger partial charge in [0.2, 0.25) is 10.1 Å². The first-order valence-corrected chi connectivity index (χ1v) is 6.14. The number of hydrogen-bond acceptors (Lipinski definition) is 4. The predicted octanol–water partition coefficient (Wildman–Crippen LogP) is 3.60. The number of halogens is 5. The normalized spacial score (nSPS) is 11.4. The molecule has 1 N–H and O–H groups in total. The molecule has 0 saturated heterocycles. The summed E-state index contributed by atoms with van der Waals surface area (Å²) in [5, 5.41) is 6.53. The maximum Gasteiger partial charge on any atom is 0.445 e. The molecule has 0 atom stereocenters. The van der Waals surface area contributed by atoms with Crippen LogP contribution in [-0.2, 0) is 6.18 Å². The number of hydrogen-bond donors (Lipinski definition) is 1. The van der Waals surface area contributed by atoms with Gasteiger partial charge in [0.25, 0.3) is 5.91 Å². The molecule has 1 amide bonds. The van der Waals surface area contributed by atoms with Crippen LogP contribution in [0.15, 0.2) is 18.2 Å². The molecule has 2 rings (SSSR count). The minimum Gasteiger partial charge on any atom is -0.296 e. The van der Waals surface area contributed by atoms with Crippen LogP contribution in [0.3, 0.4) is 0 Å². The molecule has 0 bridgehead atoms. The van der Waals surface area contributed by atoms with Gasteiger partial charge in [0.15, 0.2) is 0 Å². The van der Waals surface area contributed by atoms with Crippen molar-refractivity contribution >= 4 is 34.0 Å². The molecule has 0 fully saturated rings. The Morgan fingerprint density at radius 3 is 2.55 bits per heavy atom. The minimum absolute atomic E-state index is 0.0863. The minimum atomic E-state index is -4.63. The molecule has 4 nitrogen and oxygen atoms in total. The maximum atomic E-state index is 12.8. The summed E-state index contributed by atoms with van der Waals surface area (Å²) in [7, 11) is 0. The standard InChI is InChI=1S/C10H4ClF4N3OS/c11-6-3-4(12)1-2-5(6)7(19)16-9-18-17-8(20-9)10(13,14)15/h1-3H,(H,16,18,19). The molecule has 1 aromatic carbocycles. The Labute approximate surface area is 118 Å². The topological polar surface area (TPSA) is 54.9 Å². The molecule has 1 aromatic heterocycles. The third kappa shape index (κ3) is 3.23. The molecule has 0 spiro atoms. The summed E-state index contributed by atoms with van der Waals surface area (Å²) in [6.45, 7) is 0. The highest BCUT2D eigenvalue weighted by Crippen LogP contribution is 2.33. The third-order valence-corrected chi connectivity index (χ3v) is 3.26. The van der Waals surface area contributed by atoms with Gasteiger partial charge in [0.1, 0.15) is 5.82 Å². The number of aromatic nitrogens is 2. The molecule has 0 aliphatic carbocycles. The summed E-state index contributed by atoms with van der Waals surface area (Å²) in [4.78, 5) is 11.7. The molecule has 106 valence electrons. The van der Waals surface area contributed by atoms with Crippen LogP contribution in [0.25, 0.3) is 0 Å². The Bertz CT molecular complexity index is 658. The zero-order chi connectivity index (χ0) is 14.9. The van der Waals surface area contributed by atoms with Crippen LogP contribution < -0.4 is 5.32 Å². The highest BCUT2D eigenvalue weighted by molar-refractivity contribution is 7.15. The lowest BCUT2D eigenvalue weighted by Gasteiger charge is -2.03. The van der Waals surface area contributed by atoms with Gasteiger partial charge in [-0.15, -0.1) is 10.2 Å². The lowest BCUT2D eigenvalue weighted by Crippen LogP contribution is -2.12. The predicted molar refractivity (Wildman–Crippen MR) is 64.3 cm³/mol. The fraction of sp³-hybridized carbons (Fsp3) is 0.100. The van der Waals surface area contributed by atoms with Gasteiger partial charge in [-0.05, 0) is 18.2 Å². The third-order valence-electron chi connectivity index (χ3n) is 2.06. The van der Waals surface area contributed by atoms with Crippen molar-refractivity contribution in [3.05, 3.63) is 39.6 Å². The second-order valence-corrected chi connectivity index (χ2v) is 4.87. The fourth-order valence-corrected chi connectivity index (χ4v) is 2.09. The van der Waals surface area contributed by atoms with Gasteiger partial charge >= 0.3 is 6.18 Å². The highest BCUT2D eigenvalue weighted by Gasteiger charge is 2.35. The summed E-state index contributed by atoms with van der Waals surface area (Å²) in [6, 6.07) is 3.03. The van der Waals surface area contributed by atoms with Crippen molar-refractivity contribution in [3.63, 3.8) is 0 Å². The van der Waals surface area contributed by atoms with E-state index in [1.54, 1.807) is 0 Å². The van der Waals surface area contributed by atoms with E-state index in [1.165, 1.54) is 0 Å². The molecule has 1 heterocycles. The van der Waals surface area contributed by atoms with E-state index in [4.69, 9.17) is 11.6 Å². The average molecular weight is 326 g/mol. The van der Waals surface area contributed by atoms with Gasteiger partial charge in [-0.1, -0.05) is 22.9 Å². The first kappa shape index (κ1) is 14.7. The number of benzene rings is 1. The molecule has 20 heavy (non-hydrogen) atoms. The number of nitrogens with zero attached hydrogens (tertiary/aromatic N) is 2.